The monoisotopic (exact) mass is 237 g/mol. The highest BCUT2D eigenvalue weighted by Crippen LogP contribution is 2.37. The lowest BCUT2D eigenvalue weighted by Crippen LogP contribution is -1.96. The number of benzene rings is 1. The van der Waals surface area contributed by atoms with Gasteiger partial charge in [-0.2, -0.15) is 5.10 Å². The molecule has 2 aromatic rings. The molecular formula is C11H12FN3O2. The van der Waals surface area contributed by atoms with Crippen LogP contribution in [-0.4, -0.2) is 20.0 Å². The molecule has 0 spiro atoms. The predicted octanol–water partition coefficient (Wildman–Crippen LogP) is 1.53. The first-order chi connectivity index (χ1) is 7.91. The maximum absolute atomic E-state index is 13.8. The molecular weight excluding hydrogens is 225 g/mol. The van der Waals surface area contributed by atoms with E-state index in [0.717, 1.165) is 0 Å². The number of aromatic hydroxyl groups is 2. The van der Waals surface area contributed by atoms with E-state index in [1.807, 2.05) is 0 Å². The van der Waals surface area contributed by atoms with Crippen molar-refractivity contribution < 1.29 is 14.6 Å². The molecule has 0 amide bonds. The van der Waals surface area contributed by atoms with E-state index < -0.39 is 17.3 Å². The summed E-state index contributed by atoms with van der Waals surface area (Å²) in [6.45, 7) is 1.56. The second kappa shape index (κ2) is 3.65. The molecule has 0 aliphatic carbocycles. The molecule has 1 aromatic heterocycles. The van der Waals surface area contributed by atoms with Gasteiger partial charge in [0.2, 0.25) is 0 Å². The molecule has 1 aromatic carbocycles. The van der Waals surface area contributed by atoms with E-state index in [4.69, 9.17) is 5.73 Å². The number of nitrogens with zero attached hydrogens (tertiary/aromatic N) is 2. The molecule has 2 rings (SSSR count). The van der Waals surface area contributed by atoms with Crippen molar-refractivity contribution in [1.82, 2.24) is 9.78 Å². The summed E-state index contributed by atoms with van der Waals surface area (Å²) >= 11 is 0. The number of rotatable bonds is 1. The van der Waals surface area contributed by atoms with Gasteiger partial charge >= 0.3 is 0 Å². The van der Waals surface area contributed by atoms with Crippen molar-refractivity contribution in [2.45, 2.75) is 6.92 Å². The van der Waals surface area contributed by atoms with E-state index in [2.05, 4.69) is 5.10 Å². The van der Waals surface area contributed by atoms with Gasteiger partial charge < -0.3 is 15.9 Å². The summed E-state index contributed by atoms with van der Waals surface area (Å²) in [5, 5.41) is 22.8. The largest absolute Gasteiger partial charge is 0.504 e. The van der Waals surface area contributed by atoms with Crippen LogP contribution in [0.2, 0.25) is 0 Å². The Morgan fingerprint density at radius 3 is 2.47 bits per heavy atom. The molecule has 0 unspecified atom stereocenters. The molecule has 5 nitrogen and oxygen atoms in total. The standard InChI is InChI=1S/C11H12FN3O2/c1-5-3-6(9(12)11(17)10(5)16)7-4-8(13)15(2)14-7/h3-4,16-17H,13H2,1-2H3. The van der Waals surface area contributed by atoms with E-state index >= 15 is 0 Å². The summed E-state index contributed by atoms with van der Waals surface area (Å²) in [5.41, 5.74) is 6.37. The smallest absolute Gasteiger partial charge is 0.195 e. The number of nitrogens with two attached hydrogens (primary N) is 1. The quantitative estimate of drug-likeness (QED) is 0.657. The minimum Gasteiger partial charge on any atom is -0.504 e. The highest BCUT2D eigenvalue weighted by Gasteiger charge is 2.18. The summed E-state index contributed by atoms with van der Waals surface area (Å²) < 4.78 is 15.2. The maximum Gasteiger partial charge on any atom is 0.195 e. The fraction of sp³-hybridized carbons (Fsp3) is 0.182. The molecule has 1 heterocycles. The van der Waals surface area contributed by atoms with E-state index in [1.165, 1.54) is 16.8 Å². The lowest BCUT2D eigenvalue weighted by Gasteiger charge is -2.06. The number of hydrogen-bond donors (Lipinski definition) is 3. The Balaban J connectivity index is 2.68. The van der Waals surface area contributed by atoms with Crippen LogP contribution in [0, 0.1) is 12.7 Å². The van der Waals surface area contributed by atoms with Crippen LogP contribution in [0.15, 0.2) is 12.1 Å². The summed E-state index contributed by atoms with van der Waals surface area (Å²) in [6.07, 6.45) is 0. The third kappa shape index (κ3) is 1.67. The van der Waals surface area contributed by atoms with Crippen LogP contribution in [0.5, 0.6) is 11.5 Å². The van der Waals surface area contributed by atoms with Gasteiger partial charge in [0.25, 0.3) is 0 Å². The van der Waals surface area contributed by atoms with Gasteiger partial charge in [0.15, 0.2) is 17.3 Å². The summed E-state index contributed by atoms with van der Waals surface area (Å²) in [4.78, 5) is 0. The summed E-state index contributed by atoms with van der Waals surface area (Å²) in [5.74, 6) is -1.77. The number of phenolic OH excluding ortho intramolecular Hbond substituents is 2. The molecule has 0 radical (unpaired) electrons. The molecule has 0 saturated heterocycles. The minimum absolute atomic E-state index is 0.102. The lowest BCUT2D eigenvalue weighted by atomic mass is 10.1. The van der Waals surface area contributed by atoms with Crippen molar-refractivity contribution >= 4 is 5.82 Å². The number of anilines is 1. The van der Waals surface area contributed by atoms with Gasteiger partial charge in [-0.3, -0.25) is 4.68 Å². The molecule has 17 heavy (non-hydrogen) atoms. The molecule has 90 valence electrons. The highest BCUT2D eigenvalue weighted by molar-refractivity contribution is 5.68. The highest BCUT2D eigenvalue weighted by atomic mass is 19.1. The zero-order valence-corrected chi connectivity index (χ0v) is 9.40. The van der Waals surface area contributed by atoms with Crippen LogP contribution < -0.4 is 5.73 Å². The van der Waals surface area contributed by atoms with Gasteiger partial charge in [-0.15, -0.1) is 0 Å². The average molecular weight is 237 g/mol. The average Bonchev–Trinajstić information content (AvgIpc) is 2.61. The number of hydrogen-bond acceptors (Lipinski definition) is 4. The first kappa shape index (κ1) is 11.3. The second-order valence-electron chi connectivity index (χ2n) is 3.83. The van der Waals surface area contributed by atoms with E-state index in [-0.39, 0.29) is 5.56 Å². The van der Waals surface area contributed by atoms with Crippen LogP contribution in [0.4, 0.5) is 10.2 Å². The number of nitrogen functional groups attached to an aromatic ring is 1. The second-order valence-corrected chi connectivity index (χ2v) is 3.83. The first-order valence-electron chi connectivity index (χ1n) is 4.92. The van der Waals surface area contributed by atoms with Gasteiger partial charge in [-0.1, -0.05) is 0 Å². The topological polar surface area (TPSA) is 84.3 Å². The third-order valence-electron chi connectivity index (χ3n) is 2.60. The molecule has 0 fully saturated rings. The Morgan fingerprint density at radius 1 is 1.29 bits per heavy atom. The van der Waals surface area contributed by atoms with Crippen molar-refractivity contribution in [3.05, 3.63) is 23.5 Å². The Labute approximate surface area is 96.9 Å². The third-order valence-corrected chi connectivity index (χ3v) is 2.60. The first-order valence-corrected chi connectivity index (χ1v) is 4.92. The molecule has 0 atom stereocenters. The fourth-order valence-electron chi connectivity index (χ4n) is 1.57. The van der Waals surface area contributed by atoms with Gasteiger partial charge in [0.1, 0.15) is 5.82 Å². The molecule has 0 aliphatic heterocycles. The van der Waals surface area contributed by atoms with Crippen molar-refractivity contribution in [2.24, 2.45) is 7.05 Å². The van der Waals surface area contributed by atoms with Crippen molar-refractivity contribution in [1.29, 1.82) is 0 Å². The molecule has 0 saturated carbocycles. The maximum atomic E-state index is 13.8. The van der Waals surface area contributed by atoms with Gasteiger partial charge in [-0.25, -0.2) is 4.39 Å². The summed E-state index contributed by atoms with van der Waals surface area (Å²) in [6, 6.07) is 2.90. The Morgan fingerprint density at radius 2 is 1.94 bits per heavy atom. The van der Waals surface area contributed by atoms with E-state index in [0.29, 0.717) is 17.1 Å². The van der Waals surface area contributed by atoms with Gasteiger partial charge in [0.05, 0.1) is 5.69 Å². The number of halogens is 1. The van der Waals surface area contributed by atoms with E-state index in [9.17, 15) is 14.6 Å². The molecule has 0 bridgehead atoms. The Hall–Kier alpha value is -2.24. The zero-order valence-electron chi connectivity index (χ0n) is 9.40. The Bertz CT molecular complexity index is 573. The van der Waals surface area contributed by atoms with Crippen molar-refractivity contribution in [3.8, 4) is 22.8 Å². The summed E-state index contributed by atoms with van der Waals surface area (Å²) in [7, 11) is 1.63. The molecule has 0 aliphatic rings. The minimum atomic E-state index is -0.911. The predicted molar refractivity (Wildman–Crippen MR) is 61.1 cm³/mol. The van der Waals surface area contributed by atoms with Crippen LogP contribution in [0.1, 0.15) is 5.56 Å². The number of aromatic nitrogens is 2. The van der Waals surface area contributed by atoms with Crippen molar-refractivity contribution in [2.75, 3.05) is 5.73 Å². The number of phenols is 2. The van der Waals surface area contributed by atoms with Crippen LogP contribution in [-0.2, 0) is 7.05 Å². The Kier molecular flexibility index (Phi) is 2.42. The molecule has 6 heteroatoms. The SMILES string of the molecule is Cc1cc(-c2cc(N)n(C)n2)c(F)c(O)c1O. The van der Waals surface area contributed by atoms with E-state index in [1.54, 1.807) is 14.0 Å². The molecule has 4 N–H and O–H groups in total. The number of aryl methyl sites for hydroxylation is 2. The van der Waals surface area contributed by atoms with Crippen LogP contribution >= 0.6 is 0 Å². The fourth-order valence-corrected chi connectivity index (χ4v) is 1.57. The van der Waals surface area contributed by atoms with Gasteiger partial charge in [0, 0.05) is 18.7 Å². The van der Waals surface area contributed by atoms with Crippen LogP contribution in [0.25, 0.3) is 11.3 Å². The normalized spacial score (nSPS) is 10.8. The van der Waals surface area contributed by atoms with Crippen molar-refractivity contribution in [3.63, 3.8) is 0 Å². The lowest BCUT2D eigenvalue weighted by molar-refractivity contribution is 0.377. The zero-order chi connectivity index (χ0) is 12.7. The van der Waals surface area contributed by atoms with Crippen LogP contribution in [0.3, 0.4) is 0 Å². The van der Waals surface area contributed by atoms with Gasteiger partial charge in [-0.05, 0) is 18.6 Å².